The number of nitrogens with one attached hydrogen (secondary N) is 1. The number of nitrogens with zero attached hydrogens (tertiary/aromatic N) is 5. The lowest BCUT2D eigenvalue weighted by atomic mass is 10.3. The van der Waals surface area contributed by atoms with Crippen molar-refractivity contribution in [1.29, 1.82) is 0 Å². The van der Waals surface area contributed by atoms with Gasteiger partial charge < -0.3 is 10.1 Å². The summed E-state index contributed by atoms with van der Waals surface area (Å²) in [4.78, 5) is 12.6. The normalized spacial score (nSPS) is 11.5. The van der Waals surface area contributed by atoms with Crippen molar-refractivity contribution < 1.29 is 17.9 Å². The number of ether oxygens (including phenoxy) is 1. The van der Waals surface area contributed by atoms with Crippen molar-refractivity contribution in [3.05, 3.63) is 48.5 Å². The Hall–Kier alpha value is -2.96. The molecule has 0 aliphatic carbocycles. The number of amides is 1. The number of thioether (sulfide) groups is 1. The fraction of sp³-hybridized carbons (Fsp3) is 0.333. The minimum Gasteiger partial charge on any atom is -0.492 e. The average Bonchev–Trinajstić information content (AvgIpc) is 3.28. The number of sulfonamides is 1. The van der Waals surface area contributed by atoms with Crippen LogP contribution in [-0.4, -0.2) is 64.3 Å². The quantitative estimate of drug-likeness (QED) is 0.408. The van der Waals surface area contributed by atoms with E-state index in [2.05, 4.69) is 20.8 Å². The van der Waals surface area contributed by atoms with E-state index in [1.54, 1.807) is 26.0 Å². The summed E-state index contributed by atoms with van der Waals surface area (Å²) in [5.41, 5.74) is 1.18. The Morgan fingerprint density at radius 2 is 1.79 bits per heavy atom. The van der Waals surface area contributed by atoms with Crippen LogP contribution in [0.4, 0.5) is 5.69 Å². The maximum Gasteiger partial charge on any atom is 0.243 e. The van der Waals surface area contributed by atoms with Crippen molar-refractivity contribution in [2.45, 2.75) is 30.8 Å². The lowest BCUT2D eigenvalue weighted by Gasteiger charge is -2.18. The van der Waals surface area contributed by atoms with Gasteiger partial charge in [0.05, 0.1) is 17.3 Å². The first-order valence-corrected chi connectivity index (χ1v) is 12.9. The number of para-hydroxylation sites is 2. The van der Waals surface area contributed by atoms with Gasteiger partial charge in [-0.1, -0.05) is 37.7 Å². The van der Waals surface area contributed by atoms with Gasteiger partial charge in [-0.05, 0) is 53.7 Å². The highest BCUT2D eigenvalue weighted by Gasteiger charge is 2.21. The van der Waals surface area contributed by atoms with E-state index < -0.39 is 10.0 Å². The van der Waals surface area contributed by atoms with Crippen LogP contribution in [0.15, 0.2) is 58.6 Å². The molecule has 0 atom stereocenters. The van der Waals surface area contributed by atoms with Crippen LogP contribution in [0.1, 0.15) is 20.8 Å². The molecule has 0 unspecified atom stereocenters. The molecule has 0 saturated carbocycles. The number of carbonyl (C=O) groups is 1. The Kier molecular flexibility index (Phi) is 8.42. The van der Waals surface area contributed by atoms with E-state index in [1.807, 2.05) is 31.2 Å². The van der Waals surface area contributed by atoms with Gasteiger partial charge in [0, 0.05) is 18.8 Å². The standard InChI is InChI=1S/C21H26N6O4S2/c1-4-26(5-2)33(29,30)17-13-11-16(12-14-17)22-20(28)15-32-21-23-24-25-27(21)18-9-7-8-10-19(18)31-6-3/h7-14H,4-6,15H2,1-3H3,(H,22,28). The molecule has 12 heteroatoms. The molecule has 0 aliphatic heterocycles. The van der Waals surface area contributed by atoms with Gasteiger partial charge in [-0.3, -0.25) is 4.79 Å². The van der Waals surface area contributed by atoms with Gasteiger partial charge in [0.25, 0.3) is 0 Å². The minimum absolute atomic E-state index is 0.0661. The van der Waals surface area contributed by atoms with Crippen molar-refractivity contribution >= 4 is 33.4 Å². The van der Waals surface area contributed by atoms with Gasteiger partial charge in [0.1, 0.15) is 11.4 Å². The van der Waals surface area contributed by atoms with Gasteiger partial charge >= 0.3 is 0 Å². The van der Waals surface area contributed by atoms with E-state index in [1.165, 1.54) is 32.9 Å². The highest BCUT2D eigenvalue weighted by atomic mass is 32.2. The predicted molar refractivity (Wildman–Crippen MR) is 126 cm³/mol. The lowest BCUT2D eigenvalue weighted by Crippen LogP contribution is -2.30. The van der Waals surface area contributed by atoms with Crippen LogP contribution in [0.5, 0.6) is 5.75 Å². The number of carbonyl (C=O) groups excluding carboxylic acids is 1. The summed E-state index contributed by atoms with van der Waals surface area (Å²) in [7, 11) is -3.54. The molecule has 10 nitrogen and oxygen atoms in total. The van der Waals surface area contributed by atoms with E-state index >= 15 is 0 Å². The Labute approximate surface area is 197 Å². The molecular formula is C21H26N6O4S2. The lowest BCUT2D eigenvalue weighted by molar-refractivity contribution is -0.113. The molecular weight excluding hydrogens is 464 g/mol. The molecule has 176 valence electrons. The molecule has 1 N–H and O–H groups in total. The second-order valence-electron chi connectivity index (χ2n) is 6.72. The number of benzene rings is 2. The summed E-state index contributed by atoms with van der Waals surface area (Å²) in [5, 5.41) is 14.9. The molecule has 3 aromatic rings. The van der Waals surface area contributed by atoms with Crippen molar-refractivity contribution in [1.82, 2.24) is 24.5 Å². The zero-order valence-corrected chi connectivity index (χ0v) is 20.3. The summed E-state index contributed by atoms with van der Waals surface area (Å²) in [5.74, 6) is 0.432. The van der Waals surface area contributed by atoms with Gasteiger partial charge in [0.15, 0.2) is 0 Å². The summed E-state index contributed by atoms with van der Waals surface area (Å²) in [6.07, 6.45) is 0. The predicted octanol–water partition coefficient (Wildman–Crippen LogP) is 2.82. The highest BCUT2D eigenvalue weighted by Crippen LogP contribution is 2.26. The van der Waals surface area contributed by atoms with Crippen molar-refractivity contribution in [2.24, 2.45) is 0 Å². The Bertz CT molecular complexity index is 1180. The molecule has 0 saturated heterocycles. The maximum absolute atomic E-state index is 12.6. The van der Waals surface area contributed by atoms with E-state index in [4.69, 9.17) is 4.74 Å². The molecule has 2 aromatic carbocycles. The topological polar surface area (TPSA) is 119 Å². The number of hydrogen-bond donors (Lipinski definition) is 1. The van der Waals surface area contributed by atoms with Crippen molar-refractivity contribution in [3.8, 4) is 11.4 Å². The molecule has 0 spiro atoms. The first kappa shape index (κ1) is 24.7. The van der Waals surface area contributed by atoms with Crippen molar-refractivity contribution in [3.63, 3.8) is 0 Å². The van der Waals surface area contributed by atoms with Crippen LogP contribution in [0, 0.1) is 0 Å². The summed E-state index contributed by atoms with van der Waals surface area (Å²) in [6.45, 7) is 6.76. The fourth-order valence-corrected chi connectivity index (χ4v) is 5.22. The number of aromatic nitrogens is 4. The summed E-state index contributed by atoms with van der Waals surface area (Å²) >= 11 is 1.18. The zero-order valence-electron chi connectivity index (χ0n) is 18.6. The largest absolute Gasteiger partial charge is 0.492 e. The molecule has 1 heterocycles. The van der Waals surface area contributed by atoms with E-state index in [-0.39, 0.29) is 16.6 Å². The minimum atomic E-state index is -3.54. The van der Waals surface area contributed by atoms with Crippen LogP contribution in [0.2, 0.25) is 0 Å². The third-order valence-electron chi connectivity index (χ3n) is 4.65. The van der Waals surface area contributed by atoms with Gasteiger partial charge in [0.2, 0.25) is 21.1 Å². The molecule has 3 rings (SSSR count). The molecule has 0 bridgehead atoms. The monoisotopic (exact) mass is 490 g/mol. The number of hydrogen-bond acceptors (Lipinski definition) is 8. The molecule has 1 aromatic heterocycles. The molecule has 0 fully saturated rings. The van der Waals surface area contributed by atoms with E-state index in [9.17, 15) is 13.2 Å². The second kappa shape index (κ2) is 11.3. The number of anilines is 1. The van der Waals surface area contributed by atoms with Crippen LogP contribution >= 0.6 is 11.8 Å². The Balaban J connectivity index is 1.64. The third kappa shape index (κ3) is 5.89. The average molecular weight is 491 g/mol. The van der Waals surface area contributed by atoms with Gasteiger partial charge in [-0.15, -0.1) is 5.10 Å². The zero-order chi connectivity index (χ0) is 23.8. The molecule has 33 heavy (non-hydrogen) atoms. The van der Waals surface area contributed by atoms with E-state index in [0.717, 1.165) is 0 Å². The Morgan fingerprint density at radius 3 is 2.45 bits per heavy atom. The first-order chi connectivity index (χ1) is 15.9. The second-order valence-corrected chi connectivity index (χ2v) is 9.60. The molecule has 0 aliphatic rings. The number of tetrazole rings is 1. The smallest absolute Gasteiger partial charge is 0.243 e. The molecule has 0 radical (unpaired) electrons. The van der Waals surface area contributed by atoms with Crippen LogP contribution in [-0.2, 0) is 14.8 Å². The first-order valence-electron chi connectivity index (χ1n) is 10.4. The third-order valence-corrected chi connectivity index (χ3v) is 7.63. The van der Waals surface area contributed by atoms with Gasteiger partial charge in [-0.25, -0.2) is 8.42 Å². The SMILES string of the molecule is CCOc1ccccc1-n1nnnc1SCC(=O)Nc1ccc(S(=O)(=O)N(CC)CC)cc1. The van der Waals surface area contributed by atoms with E-state index in [0.29, 0.717) is 42.0 Å². The number of rotatable bonds is 11. The van der Waals surface area contributed by atoms with Crippen LogP contribution in [0.3, 0.4) is 0 Å². The fourth-order valence-electron chi connectivity index (χ4n) is 3.08. The highest BCUT2D eigenvalue weighted by molar-refractivity contribution is 7.99. The Morgan fingerprint density at radius 1 is 1.09 bits per heavy atom. The van der Waals surface area contributed by atoms with Crippen LogP contribution < -0.4 is 10.1 Å². The maximum atomic E-state index is 12.6. The van der Waals surface area contributed by atoms with Crippen LogP contribution in [0.25, 0.3) is 5.69 Å². The molecule has 1 amide bonds. The van der Waals surface area contributed by atoms with Gasteiger partial charge in [-0.2, -0.15) is 8.99 Å². The summed E-state index contributed by atoms with van der Waals surface area (Å²) in [6, 6.07) is 13.5. The van der Waals surface area contributed by atoms with Crippen molar-refractivity contribution in [2.75, 3.05) is 30.8 Å². The summed E-state index contributed by atoms with van der Waals surface area (Å²) < 4.78 is 33.7.